The SMILES string of the molecule is NC1(c2onc3cc(O)ccc23)CC1. The highest BCUT2D eigenvalue weighted by atomic mass is 16.5. The first-order valence-corrected chi connectivity index (χ1v) is 4.57. The highest BCUT2D eigenvalue weighted by Crippen LogP contribution is 2.45. The number of aromatic hydroxyl groups is 1. The Balaban J connectivity index is 2.27. The zero-order valence-electron chi connectivity index (χ0n) is 7.53. The Bertz CT molecular complexity index is 500. The summed E-state index contributed by atoms with van der Waals surface area (Å²) in [6, 6.07) is 4.99. The fourth-order valence-electron chi connectivity index (χ4n) is 1.65. The van der Waals surface area contributed by atoms with Gasteiger partial charge in [0.15, 0.2) is 5.76 Å². The van der Waals surface area contributed by atoms with E-state index in [0.29, 0.717) is 5.52 Å². The molecule has 0 unspecified atom stereocenters. The molecule has 3 N–H and O–H groups in total. The summed E-state index contributed by atoms with van der Waals surface area (Å²) in [5.41, 5.74) is 6.37. The summed E-state index contributed by atoms with van der Waals surface area (Å²) in [5.74, 6) is 0.937. The van der Waals surface area contributed by atoms with Gasteiger partial charge in [0.1, 0.15) is 11.3 Å². The van der Waals surface area contributed by atoms with Crippen molar-refractivity contribution in [2.75, 3.05) is 0 Å². The van der Waals surface area contributed by atoms with Crippen molar-refractivity contribution in [3.63, 3.8) is 0 Å². The summed E-state index contributed by atoms with van der Waals surface area (Å²) in [6.07, 6.45) is 1.89. The lowest BCUT2D eigenvalue weighted by molar-refractivity contribution is 0.362. The van der Waals surface area contributed by atoms with Gasteiger partial charge in [0.2, 0.25) is 0 Å². The van der Waals surface area contributed by atoms with Gasteiger partial charge in [-0.05, 0) is 25.0 Å². The van der Waals surface area contributed by atoms with E-state index in [9.17, 15) is 5.11 Å². The standard InChI is InChI=1S/C10H10N2O2/c11-10(3-4-10)9-7-2-1-6(13)5-8(7)12-14-9/h1-2,5,13H,3-4,11H2. The van der Waals surface area contributed by atoms with E-state index in [0.717, 1.165) is 24.0 Å². The van der Waals surface area contributed by atoms with Crippen molar-refractivity contribution in [1.82, 2.24) is 5.16 Å². The molecule has 1 aliphatic carbocycles. The van der Waals surface area contributed by atoms with Gasteiger partial charge in [-0.2, -0.15) is 0 Å². The Labute approximate surface area is 80.3 Å². The van der Waals surface area contributed by atoms with Gasteiger partial charge in [0.05, 0.1) is 5.54 Å². The monoisotopic (exact) mass is 190 g/mol. The van der Waals surface area contributed by atoms with Gasteiger partial charge >= 0.3 is 0 Å². The normalized spacial score (nSPS) is 18.6. The smallest absolute Gasteiger partial charge is 0.164 e. The maximum atomic E-state index is 9.25. The average molecular weight is 190 g/mol. The van der Waals surface area contributed by atoms with Crippen LogP contribution in [0.15, 0.2) is 22.7 Å². The quantitative estimate of drug-likeness (QED) is 0.714. The number of nitrogens with zero attached hydrogens (tertiary/aromatic N) is 1. The van der Waals surface area contributed by atoms with Crippen molar-refractivity contribution in [1.29, 1.82) is 0 Å². The van der Waals surface area contributed by atoms with Crippen LogP contribution in [0, 0.1) is 0 Å². The molecule has 0 spiro atoms. The van der Waals surface area contributed by atoms with Gasteiger partial charge in [-0.15, -0.1) is 0 Å². The van der Waals surface area contributed by atoms with Crippen LogP contribution < -0.4 is 5.73 Å². The second kappa shape index (κ2) is 2.27. The van der Waals surface area contributed by atoms with Gasteiger partial charge in [-0.1, -0.05) is 5.16 Å². The molecule has 1 saturated carbocycles. The maximum absolute atomic E-state index is 9.25. The molecule has 1 fully saturated rings. The minimum absolute atomic E-state index is 0.194. The highest BCUT2D eigenvalue weighted by Gasteiger charge is 2.45. The molecular formula is C10H10N2O2. The molecule has 0 aliphatic heterocycles. The molecule has 4 heteroatoms. The molecule has 0 saturated heterocycles. The van der Waals surface area contributed by atoms with Gasteiger partial charge in [0, 0.05) is 11.5 Å². The first-order chi connectivity index (χ1) is 6.69. The van der Waals surface area contributed by atoms with E-state index in [1.54, 1.807) is 18.2 Å². The van der Waals surface area contributed by atoms with Gasteiger partial charge < -0.3 is 15.4 Å². The molecule has 1 aliphatic rings. The van der Waals surface area contributed by atoms with Crippen LogP contribution in [-0.2, 0) is 5.54 Å². The second-order valence-electron chi connectivity index (χ2n) is 3.87. The van der Waals surface area contributed by atoms with Crippen molar-refractivity contribution in [3.8, 4) is 5.75 Å². The molecule has 3 rings (SSSR count). The van der Waals surface area contributed by atoms with E-state index in [2.05, 4.69) is 5.16 Å². The number of phenols is 1. The van der Waals surface area contributed by atoms with E-state index >= 15 is 0 Å². The third kappa shape index (κ3) is 0.943. The van der Waals surface area contributed by atoms with Crippen LogP contribution in [-0.4, -0.2) is 10.3 Å². The van der Waals surface area contributed by atoms with Crippen LogP contribution >= 0.6 is 0 Å². The third-order valence-corrected chi connectivity index (χ3v) is 2.70. The summed E-state index contributed by atoms with van der Waals surface area (Å²) in [7, 11) is 0. The summed E-state index contributed by atoms with van der Waals surface area (Å²) >= 11 is 0. The van der Waals surface area contributed by atoms with E-state index in [1.807, 2.05) is 0 Å². The number of hydrogen-bond acceptors (Lipinski definition) is 4. The van der Waals surface area contributed by atoms with Crippen LogP contribution in [0.25, 0.3) is 10.9 Å². The van der Waals surface area contributed by atoms with Gasteiger partial charge in [-0.3, -0.25) is 0 Å². The van der Waals surface area contributed by atoms with Crippen molar-refractivity contribution in [3.05, 3.63) is 24.0 Å². The number of rotatable bonds is 1. The number of benzene rings is 1. The highest BCUT2D eigenvalue weighted by molar-refractivity contribution is 5.83. The van der Waals surface area contributed by atoms with Gasteiger partial charge in [0.25, 0.3) is 0 Å². The average Bonchev–Trinajstić information content (AvgIpc) is 2.77. The molecule has 72 valence electrons. The Morgan fingerprint density at radius 2 is 2.21 bits per heavy atom. The Morgan fingerprint density at radius 1 is 1.43 bits per heavy atom. The molecule has 1 heterocycles. The molecule has 4 nitrogen and oxygen atoms in total. The van der Waals surface area contributed by atoms with Crippen LogP contribution in [0.3, 0.4) is 0 Å². The predicted molar refractivity (Wildman–Crippen MR) is 50.8 cm³/mol. The zero-order chi connectivity index (χ0) is 9.76. The fraction of sp³-hybridized carbons (Fsp3) is 0.300. The molecule has 14 heavy (non-hydrogen) atoms. The molecular weight excluding hydrogens is 180 g/mol. The molecule has 1 aromatic carbocycles. The topological polar surface area (TPSA) is 72.3 Å². The summed E-state index contributed by atoms with van der Waals surface area (Å²) < 4.78 is 5.21. The van der Waals surface area contributed by atoms with Crippen molar-refractivity contribution in [2.45, 2.75) is 18.4 Å². The molecule has 2 aromatic rings. The molecule has 1 aromatic heterocycles. The molecule has 0 atom stereocenters. The predicted octanol–water partition coefficient (Wildman–Crippen LogP) is 1.48. The van der Waals surface area contributed by atoms with Crippen LogP contribution in [0.2, 0.25) is 0 Å². The van der Waals surface area contributed by atoms with Crippen LogP contribution in [0.4, 0.5) is 0 Å². The summed E-state index contributed by atoms with van der Waals surface area (Å²) in [6.45, 7) is 0. The molecule has 0 radical (unpaired) electrons. The Kier molecular flexibility index (Phi) is 1.27. The number of hydrogen-bond donors (Lipinski definition) is 2. The van der Waals surface area contributed by atoms with Crippen molar-refractivity contribution in [2.24, 2.45) is 5.73 Å². The van der Waals surface area contributed by atoms with Crippen molar-refractivity contribution < 1.29 is 9.63 Å². The lowest BCUT2D eigenvalue weighted by Crippen LogP contribution is -2.17. The number of phenolic OH excluding ortho intramolecular Hbond substituents is 1. The first-order valence-electron chi connectivity index (χ1n) is 4.57. The third-order valence-electron chi connectivity index (χ3n) is 2.70. The Hall–Kier alpha value is -1.55. The minimum Gasteiger partial charge on any atom is -0.508 e. The number of nitrogens with two attached hydrogens (primary N) is 1. The maximum Gasteiger partial charge on any atom is 0.164 e. The lowest BCUT2D eigenvalue weighted by Gasteiger charge is -2.02. The van der Waals surface area contributed by atoms with Crippen LogP contribution in [0.5, 0.6) is 5.75 Å². The summed E-state index contributed by atoms with van der Waals surface area (Å²) in [4.78, 5) is 0. The minimum atomic E-state index is -0.314. The molecule has 0 bridgehead atoms. The van der Waals surface area contributed by atoms with Crippen LogP contribution in [0.1, 0.15) is 18.6 Å². The molecule has 0 amide bonds. The zero-order valence-corrected chi connectivity index (χ0v) is 7.53. The Morgan fingerprint density at radius 3 is 2.93 bits per heavy atom. The van der Waals surface area contributed by atoms with E-state index in [1.165, 1.54) is 0 Å². The summed E-state index contributed by atoms with van der Waals surface area (Å²) in [5, 5.41) is 14.0. The largest absolute Gasteiger partial charge is 0.508 e. The fourth-order valence-corrected chi connectivity index (χ4v) is 1.65. The van der Waals surface area contributed by atoms with E-state index < -0.39 is 0 Å². The van der Waals surface area contributed by atoms with E-state index in [-0.39, 0.29) is 11.3 Å². The van der Waals surface area contributed by atoms with E-state index in [4.69, 9.17) is 10.3 Å². The first kappa shape index (κ1) is 7.82. The second-order valence-corrected chi connectivity index (χ2v) is 3.87. The lowest BCUT2D eigenvalue weighted by atomic mass is 10.1. The number of aromatic nitrogens is 1. The van der Waals surface area contributed by atoms with Gasteiger partial charge in [-0.25, -0.2) is 0 Å². The van der Waals surface area contributed by atoms with Crippen molar-refractivity contribution >= 4 is 10.9 Å². The number of fused-ring (bicyclic) bond motifs is 1.